The summed E-state index contributed by atoms with van der Waals surface area (Å²) in [6.07, 6.45) is 3.89. The molecule has 1 fully saturated rings. The molecule has 108 valence electrons. The van der Waals surface area contributed by atoms with Crippen molar-refractivity contribution in [2.24, 2.45) is 5.92 Å². The number of pyridine rings is 1. The molecule has 19 heavy (non-hydrogen) atoms. The zero-order chi connectivity index (χ0) is 12.1. The van der Waals surface area contributed by atoms with Crippen molar-refractivity contribution in [1.29, 1.82) is 0 Å². The van der Waals surface area contributed by atoms with Crippen LogP contribution in [0.4, 0.5) is 0 Å². The maximum absolute atomic E-state index is 11.7. The van der Waals surface area contributed by atoms with Crippen LogP contribution in [0.2, 0.25) is 0 Å². The number of hydrogen-bond acceptors (Lipinski definition) is 3. The number of amides is 1. The van der Waals surface area contributed by atoms with Gasteiger partial charge in [0, 0.05) is 17.2 Å². The first kappa shape index (κ1) is 18.6. The molecule has 0 aliphatic carbocycles. The van der Waals surface area contributed by atoms with E-state index in [9.17, 15) is 4.79 Å². The minimum atomic E-state index is -0.0940. The van der Waals surface area contributed by atoms with Crippen molar-refractivity contribution in [2.75, 3.05) is 19.6 Å². The fourth-order valence-corrected chi connectivity index (χ4v) is 2.19. The molecule has 1 aliphatic rings. The Morgan fingerprint density at radius 1 is 1.47 bits per heavy atom. The minimum absolute atomic E-state index is 0. The molecule has 2 heterocycles. The molecule has 7 heteroatoms. The summed E-state index contributed by atoms with van der Waals surface area (Å²) in [6, 6.07) is 3.54. The van der Waals surface area contributed by atoms with E-state index in [2.05, 4.69) is 31.5 Å². The van der Waals surface area contributed by atoms with Gasteiger partial charge >= 0.3 is 0 Å². The van der Waals surface area contributed by atoms with E-state index in [-0.39, 0.29) is 30.7 Å². The average molecular weight is 371 g/mol. The van der Waals surface area contributed by atoms with Gasteiger partial charge in [0.25, 0.3) is 5.91 Å². The van der Waals surface area contributed by atoms with Crippen molar-refractivity contribution in [1.82, 2.24) is 15.6 Å². The summed E-state index contributed by atoms with van der Waals surface area (Å²) in [7, 11) is 0. The first-order chi connectivity index (χ1) is 8.25. The first-order valence-electron chi connectivity index (χ1n) is 5.86. The number of rotatable bonds is 4. The Hall–Kier alpha value is -0.360. The van der Waals surface area contributed by atoms with Crippen LogP contribution in [0.1, 0.15) is 23.3 Å². The van der Waals surface area contributed by atoms with Gasteiger partial charge in [-0.15, -0.1) is 24.8 Å². The van der Waals surface area contributed by atoms with Gasteiger partial charge in [0.05, 0.1) is 0 Å². The molecule has 0 radical (unpaired) electrons. The largest absolute Gasteiger partial charge is 0.351 e. The summed E-state index contributed by atoms with van der Waals surface area (Å²) in [6.45, 7) is 2.90. The number of carbonyl (C=O) groups excluding carboxylic acids is 1. The van der Waals surface area contributed by atoms with Gasteiger partial charge in [0.2, 0.25) is 0 Å². The van der Waals surface area contributed by atoms with Crippen LogP contribution >= 0.6 is 40.7 Å². The number of hydrogen-bond donors (Lipinski definition) is 2. The van der Waals surface area contributed by atoms with Crippen molar-refractivity contribution < 1.29 is 4.79 Å². The molecular formula is C12H18BrCl2N3O. The second kappa shape index (κ2) is 9.53. The molecule has 1 aromatic heterocycles. The highest BCUT2D eigenvalue weighted by atomic mass is 79.9. The van der Waals surface area contributed by atoms with Crippen LogP contribution in [-0.4, -0.2) is 30.5 Å². The number of halogens is 3. The van der Waals surface area contributed by atoms with Crippen LogP contribution in [0.25, 0.3) is 0 Å². The molecule has 1 aromatic rings. The maximum Gasteiger partial charge on any atom is 0.269 e. The van der Waals surface area contributed by atoms with E-state index in [4.69, 9.17) is 0 Å². The van der Waals surface area contributed by atoms with Crippen LogP contribution in [0.3, 0.4) is 0 Å². The summed E-state index contributed by atoms with van der Waals surface area (Å²) >= 11 is 3.29. The molecule has 1 unspecified atom stereocenters. The zero-order valence-electron chi connectivity index (χ0n) is 10.4. The molecule has 0 spiro atoms. The first-order valence-corrected chi connectivity index (χ1v) is 6.65. The molecular weight excluding hydrogens is 353 g/mol. The van der Waals surface area contributed by atoms with Gasteiger partial charge in [-0.3, -0.25) is 4.79 Å². The highest BCUT2D eigenvalue weighted by Gasteiger charge is 2.14. The highest BCUT2D eigenvalue weighted by Crippen LogP contribution is 2.11. The Bertz CT molecular complexity index is 383. The Morgan fingerprint density at radius 3 is 2.84 bits per heavy atom. The normalized spacial score (nSPS) is 17.2. The van der Waals surface area contributed by atoms with E-state index in [1.54, 1.807) is 12.3 Å². The smallest absolute Gasteiger partial charge is 0.269 e. The van der Waals surface area contributed by atoms with E-state index in [0.29, 0.717) is 11.6 Å². The van der Waals surface area contributed by atoms with Crippen molar-refractivity contribution in [2.45, 2.75) is 12.8 Å². The lowest BCUT2D eigenvalue weighted by atomic mass is 10.1. The summed E-state index contributed by atoms with van der Waals surface area (Å²) in [5, 5.41) is 6.22. The zero-order valence-corrected chi connectivity index (χ0v) is 13.6. The quantitative estimate of drug-likeness (QED) is 0.855. The number of nitrogens with one attached hydrogen (secondary N) is 2. The molecule has 1 saturated heterocycles. The predicted octanol–water partition coefficient (Wildman–Crippen LogP) is 2.42. The third kappa shape index (κ3) is 6.08. The summed E-state index contributed by atoms with van der Waals surface area (Å²) in [5.74, 6) is 0.608. The van der Waals surface area contributed by atoms with Gasteiger partial charge in [-0.1, -0.05) is 0 Å². The number of aromatic nitrogens is 1. The van der Waals surface area contributed by atoms with Crippen LogP contribution in [0, 0.1) is 5.92 Å². The maximum atomic E-state index is 11.7. The Balaban J connectivity index is 0.00000162. The van der Waals surface area contributed by atoms with Crippen molar-refractivity contribution in [3.8, 4) is 0 Å². The SMILES string of the molecule is Cl.Cl.O=C(NCCC1CCNC1)c1ccc(Br)cn1. The van der Waals surface area contributed by atoms with Gasteiger partial charge in [0.1, 0.15) is 5.69 Å². The number of nitrogens with zero attached hydrogens (tertiary/aromatic N) is 1. The Morgan fingerprint density at radius 2 is 2.26 bits per heavy atom. The lowest BCUT2D eigenvalue weighted by Crippen LogP contribution is -2.27. The van der Waals surface area contributed by atoms with E-state index in [1.807, 2.05) is 6.07 Å². The standard InChI is InChI=1S/C12H16BrN3O.2ClH/c13-10-1-2-11(16-8-10)12(17)15-6-4-9-3-5-14-7-9;;/h1-2,8-9,14H,3-7H2,(H,15,17);2*1H. The van der Waals surface area contributed by atoms with E-state index < -0.39 is 0 Å². The van der Waals surface area contributed by atoms with E-state index >= 15 is 0 Å². The summed E-state index contributed by atoms with van der Waals surface area (Å²) in [5.41, 5.74) is 0.470. The van der Waals surface area contributed by atoms with Crippen LogP contribution in [0.5, 0.6) is 0 Å². The molecule has 2 rings (SSSR count). The molecule has 2 N–H and O–H groups in total. The van der Waals surface area contributed by atoms with Gasteiger partial charge in [0.15, 0.2) is 0 Å². The van der Waals surface area contributed by atoms with Gasteiger partial charge in [-0.2, -0.15) is 0 Å². The molecule has 0 bridgehead atoms. The fraction of sp³-hybridized carbons (Fsp3) is 0.500. The fourth-order valence-electron chi connectivity index (χ4n) is 1.95. The Labute approximate surface area is 134 Å². The van der Waals surface area contributed by atoms with Crippen molar-refractivity contribution in [3.63, 3.8) is 0 Å². The molecule has 0 aromatic carbocycles. The lowest BCUT2D eigenvalue weighted by molar-refractivity contribution is 0.0946. The molecule has 1 amide bonds. The third-order valence-electron chi connectivity index (χ3n) is 2.96. The summed E-state index contributed by atoms with van der Waals surface area (Å²) < 4.78 is 0.881. The van der Waals surface area contributed by atoms with Gasteiger partial charge in [-0.05, 0) is 59.9 Å². The minimum Gasteiger partial charge on any atom is -0.351 e. The monoisotopic (exact) mass is 369 g/mol. The van der Waals surface area contributed by atoms with E-state index in [0.717, 1.165) is 30.5 Å². The Kier molecular flexibility index (Phi) is 9.35. The molecule has 4 nitrogen and oxygen atoms in total. The number of carbonyl (C=O) groups is 1. The lowest BCUT2D eigenvalue weighted by Gasteiger charge is -2.08. The predicted molar refractivity (Wildman–Crippen MR) is 84.4 cm³/mol. The summed E-state index contributed by atoms with van der Waals surface area (Å²) in [4.78, 5) is 15.8. The topological polar surface area (TPSA) is 54.0 Å². The second-order valence-electron chi connectivity index (χ2n) is 4.27. The molecule has 1 atom stereocenters. The van der Waals surface area contributed by atoms with E-state index in [1.165, 1.54) is 6.42 Å². The van der Waals surface area contributed by atoms with Gasteiger partial charge < -0.3 is 10.6 Å². The van der Waals surface area contributed by atoms with Crippen LogP contribution in [0.15, 0.2) is 22.8 Å². The van der Waals surface area contributed by atoms with Crippen LogP contribution < -0.4 is 10.6 Å². The molecule has 0 saturated carbocycles. The molecule has 1 aliphatic heterocycles. The third-order valence-corrected chi connectivity index (χ3v) is 3.43. The van der Waals surface area contributed by atoms with Crippen molar-refractivity contribution >= 4 is 46.7 Å². The van der Waals surface area contributed by atoms with Gasteiger partial charge in [-0.25, -0.2) is 4.98 Å². The second-order valence-corrected chi connectivity index (χ2v) is 5.18. The highest BCUT2D eigenvalue weighted by molar-refractivity contribution is 9.10. The average Bonchev–Trinajstić information content (AvgIpc) is 2.83. The van der Waals surface area contributed by atoms with Crippen LogP contribution in [-0.2, 0) is 0 Å². The van der Waals surface area contributed by atoms with Crippen molar-refractivity contribution in [3.05, 3.63) is 28.5 Å².